The van der Waals surface area contributed by atoms with Crippen LogP contribution in [-0.2, 0) is 6.54 Å². The van der Waals surface area contributed by atoms with E-state index in [2.05, 4.69) is 53.2 Å². The molecular formula is C20H37N5O. The minimum atomic E-state index is 0.456. The lowest BCUT2D eigenvalue weighted by Gasteiger charge is -2.39. The van der Waals surface area contributed by atoms with E-state index in [0.29, 0.717) is 24.4 Å². The van der Waals surface area contributed by atoms with Crippen LogP contribution in [0.4, 0.5) is 0 Å². The Kier molecular flexibility index (Phi) is 7.94. The molecule has 26 heavy (non-hydrogen) atoms. The fourth-order valence-electron chi connectivity index (χ4n) is 3.44. The highest BCUT2D eigenvalue weighted by atomic mass is 16.4. The van der Waals surface area contributed by atoms with Gasteiger partial charge in [-0.2, -0.15) is 0 Å². The zero-order valence-corrected chi connectivity index (χ0v) is 17.4. The van der Waals surface area contributed by atoms with Crippen molar-refractivity contribution in [2.24, 2.45) is 16.8 Å². The number of hydrogen-bond acceptors (Lipinski definition) is 4. The van der Waals surface area contributed by atoms with Crippen LogP contribution in [0, 0.1) is 25.7 Å². The zero-order valence-electron chi connectivity index (χ0n) is 17.4. The van der Waals surface area contributed by atoms with Crippen molar-refractivity contribution in [1.82, 2.24) is 20.5 Å². The quantitative estimate of drug-likeness (QED) is 0.576. The van der Waals surface area contributed by atoms with E-state index in [1.54, 1.807) is 0 Å². The second kappa shape index (κ2) is 9.95. The molecule has 1 aromatic rings. The molecule has 6 heteroatoms. The summed E-state index contributed by atoms with van der Waals surface area (Å²) in [5, 5.41) is 6.86. The van der Waals surface area contributed by atoms with Gasteiger partial charge in [-0.25, -0.2) is 9.98 Å². The van der Waals surface area contributed by atoms with E-state index in [4.69, 9.17) is 4.42 Å². The van der Waals surface area contributed by atoms with Gasteiger partial charge in [0.15, 0.2) is 5.96 Å². The number of guanidine groups is 1. The minimum Gasteiger partial charge on any atom is -0.444 e. The molecule has 2 rings (SSSR count). The molecule has 0 aliphatic carbocycles. The molecule has 1 aromatic heterocycles. The first-order valence-electron chi connectivity index (χ1n) is 10.1. The van der Waals surface area contributed by atoms with Crippen molar-refractivity contribution in [3.05, 3.63) is 17.3 Å². The highest BCUT2D eigenvalue weighted by molar-refractivity contribution is 5.79. The van der Waals surface area contributed by atoms with Gasteiger partial charge in [-0.05, 0) is 58.5 Å². The van der Waals surface area contributed by atoms with Crippen molar-refractivity contribution in [3.8, 4) is 0 Å². The van der Waals surface area contributed by atoms with Gasteiger partial charge in [-0.3, -0.25) is 4.90 Å². The van der Waals surface area contributed by atoms with Gasteiger partial charge in [-0.1, -0.05) is 20.8 Å². The van der Waals surface area contributed by atoms with Gasteiger partial charge in [-0.15, -0.1) is 0 Å². The largest absolute Gasteiger partial charge is 0.444 e. The maximum absolute atomic E-state index is 5.63. The third kappa shape index (κ3) is 6.01. The maximum atomic E-state index is 5.63. The van der Waals surface area contributed by atoms with Gasteiger partial charge in [0.2, 0.25) is 5.89 Å². The Morgan fingerprint density at radius 3 is 2.50 bits per heavy atom. The van der Waals surface area contributed by atoms with Crippen LogP contribution in [-0.4, -0.2) is 48.1 Å². The van der Waals surface area contributed by atoms with E-state index >= 15 is 0 Å². The second-order valence-corrected chi connectivity index (χ2v) is 7.86. The van der Waals surface area contributed by atoms with Gasteiger partial charge in [0.1, 0.15) is 12.3 Å². The topological polar surface area (TPSA) is 65.7 Å². The summed E-state index contributed by atoms with van der Waals surface area (Å²) in [6.45, 7) is 17.6. The first-order chi connectivity index (χ1) is 12.4. The fraction of sp³-hybridized carbons (Fsp3) is 0.800. The molecule has 0 spiro atoms. The number of nitrogens with zero attached hydrogens (tertiary/aromatic N) is 3. The summed E-state index contributed by atoms with van der Waals surface area (Å²) >= 11 is 0. The Bertz CT molecular complexity index is 553. The molecule has 1 aliphatic rings. The van der Waals surface area contributed by atoms with E-state index in [0.717, 1.165) is 36.4 Å². The molecule has 1 unspecified atom stereocenters. The highest BCUT2D eigenvalue weighted by Gasteiger charge is 2.25. The number of piperidine rings is 1. The molecule has 0 bridgehead atoms. The molecule has 2 N–H and O–H groups in total. The van der Waals surface area contributed by atoms with E-state index in [-0.39, 0.29) is 0 Å². The summed E-state index contributed by atoms with van der Waals surface area (Å²) in [5.74, 6) is 3.83. The Morgan fingerprint density at radius 1 is 1.27 bits per heavy atom. The number of rotatable bonds is 7. The van der Waals surface area contributed by atoms with E-state index in [1.165, 1.54) is 25.9 Å². The Labute approximate surface area is 158 Å². The first-order valence-corrected chi connectivity index (χ1v) is 10.1. The first kappa shape index (κ1) is 20.7. The highest BCUT2D eigenvalue weighted by Crippen LogP contribution is 2.21. The molecule has 0 saturated carbocycles. The predicted molar refractivity (Wildman–Crippen MR) is 107 cm³/mol. The lowest BCUT2D eigenvalue weighted by molar-refractivity contribution is 0.110. The number of oxazole rings is 1. The van der Waals surface area contributed by atoms with Crippen LogP contribution in [0.5, 0.6) is 0 Å². The Hall–Kier alpha value is -1.56. The van der Waals surface area contributed by atoms with Gasteiger partial charge in [0, 0.05) is 19.1 Å². The molecule has 6 nitrogen and oxygen atoms in total. The molecule has 0 amide bonds. The molecule has 1 aliphatic heterocycles. The third-order valence-corrected chi connectivity index (χ3v) is 5.32. The van der Waals surface area contributed by atoms with Crippen molar-refractivity contribution >= 4 is 5.96 Å². The molecule has 0 radical (unpaired) electrons. The van der Waals surface area contributed by atoms with Crippen molar-refractivity contribution in [2.75, 3.05) is 26.2 Å². The summed E-state index contributed by atoms with van der Waals surface area (Å²) in [6.07, 6.45) is 2.61. The zero-order chi connectivity index (χ0) is 19.1. The van der Waals surface area contributed by atoms with Gasteiger partial charge < -0.3 is 15.1 Å². The lowest BCUT2D eigenvalue weighted by atomic mass is 9.94. The van der Waals surface area contributed by atoms with Crippen LogP contribution in [0.2, 0.25) is 0 Å². The minimum absolute atomic E-state index is 0.456. The van der Waals surface area contributed by atoms with Gasteiger partial charge in [0.05, 0.1) is 5.69 Å². The van der Waals surface area contributed by atoms with Gasteiger partial charge in [0.25, 0.3) is 0 Å². The molecule has 0 aromatic carbocycles. The van der Waals surface area contributed by atoms with Crippen LogP contribution in [0.25, 0.3) is 0 Å². The van der Waals surface area contributed by atoms with Crippen LogP contribution in [0.15, 0.2) is 9.41 Å². The SMILES string of the molecule is CCNC(=NCc1nc(C)c(C)o1)NCC(C(C)C)N1CCC(C)CC1. The summed E-state index contributed by atoms with van der Waals surface area (Å²) < 4.78 is 5.63. The van der Waals surface area contributed by atoms with Crippen LogP contribution in [0.1, 0.15) is 57.9 Å². The Balaban J connectivity index is 1.95. The van der Waals surface area contributed by atoms with Crippen LogP contribution in [0.3, 0.4) is 0 Å². The number of aromatic nitrogens is 1. The number of aryl methyl sites for hydroxylation is 2. The van der Waals surface area contributed by atoms with E-state index in [9.17, 15) is 0 Å². The molecular weight excluding hydrogens is 326 g/mol. The van der Waals surface area contributed by atoms with E-state index in [1.807, 2.05) is 13.8 Å². The summed E-state index contributed by atoms with van der Waals surface area (Å²) in [5.41, 5.74) is 0.937. The van der Waals surface area contributed by atoms with Crippen LogP contribution >= 0.6 is 0 Å². The average Bonchev–Trinajstić information content (AvgIpc) is 2.92. The monoisotopic (exact) mass is 363 g/mol. The number of hydrogen-bond donors (Lipinski definition) is 2. The van der Waals surface area contributed by atoms with Crippen molar-refractivity contribution < 1.29 is 4.42 Å². The number of likely N-dealkylation sites (tertiary alicyclic amines) is 1. The second-order valence-electron chi connectivity index (χ2n) is 7.86. The predicted octanol–water partition coefficient (Wildman–Crippen LogP) is 3.10. The standard InChI is InChI=1S/C20H37N5O/c1-7-21-20(23-13-19-24-16(5)17(6)26-19)22-12-18(14(2)3)25-10-8-15(4)9-11-25/h14-15,18H,7-13H2,1-6H3,(H2,21,22,23). The molecule has 2 heterocycles. The van der Waals surface area contributed by atoms with Crippen LogP contribution < -0.4 is 10.6 Å². The maximum Gasteiger partial charge on any atom is 0.216 e. The molecule has 1 fully saturated rings. The molecule has 1 saturated heterocycles. The molecule has 1 atom stereocenters. The van der Waals surface area contributed by atoms with Crippen molar-refractivity contribution in [1.29, 1.82) is 0 Å². The van der Waals surface area contributed by atoms with Crippen molar-refractivity contribution in [2.45, 2.75) is 67.0 Å². The number of nitrogens with one attached hydrogen (secondary N) is 2. The summed E-state index contributed by atoms with van der Waals surface area (Å²) in [6, 6.07) is 0.526. The summed E-state index contributed by atoms with van der Waals surface area (Å²) in [4.78, 5) is 11.7. The molecule has 148 valence electrons. The fourth-order valence-corrected chi connectivity index (χ4v) is 3.44. The van der Waals surface area contributed by atoms with Gasteiger partial charge >= 0.3 is 0 Å². The van der Waals surface area contributed by atoms with E-state index < -0.39 is 0 Å². The smallest absolute Gasteiger partial charge is 0.216 e. The lowest BCUT2D eigenvalue weighted by Crippen LogP contribution is -2.51. The third-order valence-electron chi connectivity index (χ3n) is 5.32. The Morgan fingerprint density at radius 2 is 1.96 bits per heavy atom. The number of aliphatic imine (C=N–C) groups is 1. The average molecular weight is 364 g/mol. The summed E-state index contributed by atoms with van der Waals surface area (Å²) in [7, 11) is 0. The van der Waals surface area contributed by atoms with Crippen molar-refractivity contribution in [3.63, 3.8) is 0 Å². The normalized spacial score (nSPS) is 18.3.